The van der Waals surface area contributed by atoms with Crippen LogP contribution >= 0.6 is 28.3 Å². The molecule has 1 unspecified atom stereocenters. The summed E-state index contributed by atoms with van der Waals surface area (Å²) in [6.07, 6.45) is 4.03. The molecule has 1 heterocycles. The second kappa shape index (κ2) is 10.3. The van der Waals surface area contributed by atoms with E-state index in [-0.39, 0.29) is 18.3 Å². The number of aryl methyl sites for hydroxylation is 1. The highest BCUT2D eigenvalue weighted by molar-refractivity contribution is 9.10. The van der Waals surface area contributed by atoms with Crippen LogP contribution in [0.1, 0.15) is 36.8 Å². The van der Waals surface area contributed by atoms with E-state index in [4.69, 9.17) is 5.73 Å². The predicted molar refractivity (Wildman–Crippen MR) is 101 cm³/mol. The van der Waals surface area contributed by atoms with Gasteiger partial charge < -0.3 is 11.1 Å². The zero-order chi connectivity index (χ0) is 15.9. The van der Waals surface area contributed by atoms with Gasteiger partial charge in [-0.3, -0.25) is 9.69 Å². The van der Waals surface area contributed by atoms with E-state index in [0.717, 1.165) is 26.1 Å². The van der Waals surface area contributed by atoms with Gasteiger partial charge in [0, 0.05) is 36.6 Å². The molecular weight excluding hydrogens is 378 g/mol. The minimum absolute atomic E-state index is 0. The zero-order valence-electron chi connectivity index (χ0n) is 13.7. The molecule has 0 aliphatic carbocycles. The maximum atomic E-state index is 11.6. The minimum Gasteiger partial charge on any atom is -0.354 e. The molecule has 2 rings (SSSR count). The van der Waals surface area contributed by atoms with Gasteiger partial charge in [-0.25, -0.2) is 0 Å². The lowest BCUT2D eigenvalue weighted by Gasteiger charge is -2.36. The SMILES string of the molecule is Cc1ccc(CN2CCCCC2CNC(=O)CCN)c(Br)c1.Cl. The van der Waals surface area contributed by atoms with Crippen molar-refractivity contribution < 1.29 is 4.79 Å². The number of rotatable bonds is 6. The third kappa shape index (κ3) is 6.42. The van der Waals surface area contributed by atoms with Gasteiger partial charge in [0.15, 0.2) is 0 Å². The van der Waals surface area contributed by atoms with Crippen LogP contribution in [0.5, 0.6) is 0 Å². The van der Waals surface area contributed by atoms with Crippen LogP contribution in [0.15, 0.2) is 22.7 Å². The highest BCUT2D eigenvalue weighted by Crippen LogP contribution is 2.24. The number of benzene rings is 1. The molecule has 130 valence electrons. The van der Waals surface area contributed by atoms with E-state index < -0.39 is 0 Å². The molecular formula is C17H27BrClN3O. The molecule has 1 aliphatic rings. The molecule has 1 fully saturated rings. The summed E-state index contributed by atoms with van der Waals surface area (Å²) in [6, 6.07) is 6.93. The summed E-state index contributed by atoms with van der Waals surface area (Å²) < 4.78 is 1.17. The Hall–Kier alpha value is -0.620. The molecule has 0 radical (unpaired) electrons. The Balaban J connectivity index is 0.00000264. The molecule has 23 heavy (non-hydrogen) atoms. The molecule has 0 bridgehead atoms. The first-order chi connectivity index (χ1) is 10.6. The average Bonchev–Trinajstić information content (AvgIpc) is 2.49. The van der Waals surface area contributed by atoms with Crippen molar-refractivity contribution in [1.29, 1.82) is 0 Å². The number of amides is 1. The molecule has 1 amide bonds. The lowest BCUT2D eigenvalue weighted by atomic mass is 10.0. The van der Waals surface area contributed by atoms with Crippen molar-refractivity contribution in [1.82, 2.24) is 10.2 Å². The van der Waals surface area contributed by atoms with Crippen molar-refractivity contribution in [2.24, 2.45) is 5.73 Å². The number of carbonyl (C=O) groups is 1. The Labute approximate surface area is 153 Å². The maximum Gasteiger partial charge on any atom is 0.221 e. The predicted octanol–water partition coefficient (Wildman–Crippen LogP) is 3.00. The quantitative estimate of drug-likeness (QED) is 0.766. The molecule has 6 heteroatoms. The van der Waals surface area contributed by atoms with E-state index in [1.165, 1.54) is 28.4 Å². The van der Waals surface area contributed by atoms with Crippen molar-refractivity contribution in [2.75, 3.05) is 19.6 Å². The Morgan fingerprint density at radius 3 is 2.91 bits per heavy atom. The minimum atomic E-state index is 0. The fourth-order valence-electron chi connectivity index (χ4n) is 2.95. The topological polar surface area (TPSA) is 58.4 Å². The van der Waals surface area contributed by atoms with Gasteiger partial charge in [0.2, 0.25) is 5.91 Å². The summed E-state index contributed by atoms with van der Waals surface area (Å²) in [7, 11) is 0. The van der Waals surface area contributed by atoms with E-state index in [9.17, 15) is 4.79 Å². The highest BCUT2D eigenvalue weighted by Gasteiger charge is 2.23. The number of nitrogens with one attached hydrogen (secondary N) is 1. The first-order valence-corrected chi connectivity index (χ1v) is 8.85. The van der Waals surface area contributed by atoms with Gasteiger partial charge in [0.05, 0.1) is 0 Å². The Kier molecular flexibility index (Phi) is 9.14. The Morgan fingerprint density at radius 1 is 1.43 bits per heavy atom. The molecule has 1 saturated heterocycles. The van der Waals surface area contributed by atoms with Gasteiger partial charge in [-0.15, -0.1) is 12.4 Å². The van der Waals surface area contributed by atoms with Gasteiger partial charge >= 0.3 is 0 Å². The normalized spacial score (nSPS) is 18.3. The van der Waals surface area contributed by atoms with Crippen LogP contribution in [0.25, 0.3) is 0 Å². The third-order valence-corrected chi connectivity index (χ3v) is 4.98. The Bertz CT molecular complexity index is 513. The van der Waals surface area contributed by atoms with Crippen molar-refractivity contribution >= 4 is 34.2 Å². The highest BCUT2D eigenvalue weighted by atomic mass is 79.9. The van der Waals surface area contributed by atoms with E-state index in [1.54, 1.807) is 0 Å². The molecule has 1 aromatic carbocycles. The van der Waals surface area contributed by atoms with Gasteiger partial charge in [-0.1, -0.05) is 34.5 Å². The number of piperidine rings is 1. The molecule has 0 saturated carbocycles. The van der Waals surface area contributed by atoms with Crippen LogP contribution in [0, 0.1) is 6.92 Å². The first kappa shape index (κ1) is 20.4. The summed E-state index contributed by atoms with van der Waals surface area (Å²) in [6.45, 7) is 5.26. The monoisotopic (exact) mass is 403 g/mol. The van der Waals surface area contributed by atoms with Crippen molar-refractivity contribution in [3.8, 4) is 0 Å². The van der Waals surface area contributed by atoms with Crippen molar-refractivity contribution in [2.45, 2.75) is 45.2 Å². The summed E-state index contributed by atoms with van der Waals surface area (Å²) in [5, 5.41) is 3.02. The number of likely N-dealkylation sites (tertiary alicyclic amines) is 1. The van der Waals surface area contributed by atoms with Gasteiger partial charge in [-0.2, -0.15) is 0 Å². The van der Waals surface area contributed by atoms with Crippen LogP contribution in [0.3, 0.4) is 0 Å². The first-order valence-electron chi connectivity index (χ1n) is 8.06. The van der Waals surface area contributed by atoms with E-state index >= 15 is 0 Å². The number of halogens is 2. The van der Waals surface area contributed by atoms with Crippen molar-refractivity contribution in [3.05, 3.63) is 33.8 Å². The third-order valence-electron chi connectivity index (χ3n) is 4.24. The molecule has 4 nitrogen and oxygen atoms in total. The second-order valence-corrected chi connectivity index (χ2v) is 6.91. The van der Waals surface area contributed by atoms with E-state index in [0.29, 0.717) is 19.0 Å². The van der Waals surface area contributed by atoms with Crippen LogP contribution < -0.4 is 11.1 Å². The van der Waals surface area contributed by atoms with Gasteiger partial charge in [-0.05, 0) is 43.5 Å². The standard InChI is InChI=1S/C17H26BrN3O.ClH/c1-13-5-6-14(16(18)10-13)12-21-9-3-2-4-15(21)11-20-17(22)7-8-19;/h5-6,10,15H,2-4,7-9,11-12,19H2,1H3,(H,20,22);1H. The lowest BCUT2D eigenvalue weighted by molar-refractivity contribution is -0.121. The zero-order valence-corrected chi connectivity index (χ0v) is 16.1. The number of hydrogen-bond acceptors (Lipinski definition) is 3. The van der Waals surface area contributed by atoms with Crippen LogP contribution in [-0.4, -0.2) is 36.5 Å². The molecule has 0 spiro atoms. The molecule has 0 aromatic heterocycles. The van der Waals surface area contributed by atoms with Crippen molar-refractivity contribution in [3.63, 3.8) is 0 Å². The fraction of sp³-hybridized carbons (Fsp3) is 0.588. The largest absolute Gasteiger partial charge is 0.354 e. The Morgan fingerprint density at radius 2 is 2.22 bits per heavy atom. The van der Waals surface area contributed by atoms with Gasteiger partial charge in [0.1, 0.15) is 0 Å². The summed E-state index contributed by atoms with van der Waals surface area (Å²) in [5.74, 6) is 0.0598. The van der Waals surface area contributed by atoms with E-state index in [1.807, 2.05) is 0 Å². The molecule has 1 atom stereocenters. The van der Waals surface area contributed by atoms with Gasteiger partial charge in [0.25, 0.3) is 0 Å². The summed E-state index contributed by atoms with van der Waals surface area (Å²) in [5.41, 5.74) is 7.99. The van der Waals surface area contributed by atoms with Crippen LogP contribution in [-0.2, 0) is 11.3 Å². The molecule has 1 aromatic rings. The summed E-state index contributed by atoms with van der Waals surface area (Å²) in [4.78, 5) is 14.1. The van der Waals surface area contributed by atoms with Crippen LogP contribution in [0.2, 0.25) is 0 Å². The lowest BCUT2D eigenvalue weighted by Crippen LogP contribution is -2.46. The summed E-state index contributed by atoms with van der Waals surface area (Å²) >= 11 is 3.67. The molecule has 3 N–H and O–H groups in total. The fourth-order valence-corrected chi connectivity index (χ4v) is 3.57. The number of carbonyl (C=O) groups excluding carboxylic acids is 1. The molecule has 1 aliphatic heterocycles. The number of nitrogens with zero attached hydrogens (tertiary/aromatic N) is 1. The number of hydrogen-bond donors (Lipinski definition) is 2. The average molecular weight is 405 g/mol. The van der Waals surface area contributed by atoms with E-state index in [2.05, 4.69) is 51.3 Å². The smallest absolute Gasteiger partial charge is 0.221 e. The second-order valence-electron chi connectivity index (χ2n) is 6.06. The number of nitrogens with two attached hydrogens (primary N) is 1. The maximum absolute atomic E-state index is 11.6. The van der Waals surface area contributed by atoms with Crippen LogP contribution in [0.4, 0.5) is 0 Å².